The number of piperidine rings is 1. The van der Waals surface area contributed by atoms with E-state index in [1.165, 1.54) is 37.0 Å². The van der Waals surface area contributed by atoms with Gasteiger partial charge in [-0.3, -0.25) is 4.98 Å². The molecular formula is C16H21N3. The van der Waals surface area contributed by atoms with Gasteiger partial charge in [0.2, 0.25) is 0 Å². The normalized spacial score (nSPS) is 17.7. The fourth-order valence-corrected chi connectivity index (χ4v) is 2.77. The largest absolute Gasteiger partial charge is 0.384 e. The number of aromatic nitrogens is 1. The molecule has 2 heterocycles. The predicted octanol–water partition coefficient (Wildman–Crippen LogP) is 2.99. The van der Waals surface area contributed by atoms with Crippen LogP contribution in [0.2, 0.25) is 0 Å². The first-order chi connectivity index (χ1) is 9.33. The molecule has 0 aliphatic carbocycles. The first-order valence-electron chi connectivity index (χ1n) is 7.09. The lowest BCUT2D eigenvalue weighted by Gasteiger charge is -2.29. The Labute approximate surface area is 114 Å². The van der Waals surface area contributed by atoms with Gasteiger partial charge in [0, 0.05) is 23.8 Å². The van der Waals surface area contributed by atoms with E-state index in [9.17, 15) is 0 Å². The van der Waals surface area contributed by atoms with Crippen LogP contribution < -0.4 is 5.32 Å². The van der Waals surface area contributed by atoms with Gasteiger partial charge in [0.25, 0.3) is 0 Å². The van der Waals surface area contributed by atoms with Crippen LogP contribution in [0.15, 0.2) is 36.5 Å². The summed E-state index contributed by atoms with van der Waals surface area (Å²) in [5, 5.41) is 4.83. The summed E-state index contributed by atoms with van der Waals surface area (Å²) in [5.74, 6) is 0.795. The van der Waals surface area contributed by atoms with Crippen LogP contribution in [0.1, 0.15) is 12.8 Å². The molecule has 3 rings (SSSR count). The van der Waals surface area contributed by atoms with Crippen molar-refractivity contribution >= 4 is 16.6 Å². The van der Waals surface area contributed by atoms with Crippen molar-refractivity contribution in [3.05, 3.63) is 36.5 Å². The van der Waals surface area contributed by atoms with Crippen molar-refractivity contribution in [2.45, 2.75) is 12.8 Å². The predicted molar refractivity (Wildman–Crippen MR) is 80.5 cm³/mol. The molecule has 0 spiro atoms. The molecule has 100 valence electrons. The van der Waals surface area contributed by atoms with E-state index in [0.717, 1.165) is 18.0 Å². The summed E-state index contributed by atoms with van der Waals surface area (Å²) in [7, 11) is 2.21. The molecule has 3 heteroatoms. The van der Waals surface area contributed by atoms with Crippen molar-refractivity contribution in [3.63, 3.8) is 0 Å². The lowest BCUT2D eigenvalue weighted by atomic mass is 9.97. The van der Waals surface area contributed by atoms with Gasteiger partial charge in [0.1, 0.15) is 0 Å². The zero-order chi connectivity index (χ0) is 13.1. The van der Waals surface area contributed by atoms with Gasteiger partial charge in [-0.1, -0.05) is 18.2 Å². The van der Waals surface area contributed by atoms with Gasteiger partial charge in [-0.25, -0.2) is 0 Å². The number of hydrogen-bond acceptors (Lipinski definition) is 3. The minimum atomic E-state index is 0.795. The summed E-state index contributed by atoms with van der Waals surface area (Å²) < 4.78 is 0. The molecule has 0 saturated carbocycles. The first-order valence-corrected chi connectivity index (χ1v) is 7.09. The average Bonchev–Trinajstić information content (AvgIpc) is 2.47. The number of hydrogen-bond donors (Lipinski definition) is 1. The minimum Gasteiger partial charge on any atom is -0.384 e. The third kappa shape index (κ3) is 2.87. The van der Waals surface area contributed by atoms with Crippen LogP contribution in [0.5, 0.6) is 0 Å². The second-order valence-electron chi connectivity index (χ2n) is 5.50. The zero-order valence-corrected chi connectivity index (χ0v) is 11.5. The van der Waals surface area contributed by atoms with Crippen molar-refractivity contribution in [1.82, 2.24) is 9.88 Å². The van der Waals surface area contributed by atoms with E-state index in [0.29, 0.717) is 0 Å². The van der Waals surface area contributed by atoms with Gasteiger partial charge in [-0.15, -0.1) is 0 Å². The number of pyridine rings is 1. The summed E-state index contributed by atoms with van der Waals surface area (Å²) in [6, 6.07) is 10.4. The molecule has 1 aliphatic rings. The molecule has 19 heavy (non-hydrogen) atoms. The molecule has 1 aliphatic heterocycles. The van der Waals surface area contributed by atoms with E-state index in [4.69, 9.17) is 0 Å². The summed E-state index contributed by atoms with van der Waals surface area (Å²) in [6.07, 6.45) is 4.48. The highest BCUT2D eigenvalue weighted by atomic mass is 15.1. The van der Waals surface area contributed by atoms with E-state index in [1.54, 1.807) is 0 Å². The molecule has 2 aromatic rings. The molecule has 1 fully saturated rings. The minimum absolute atomic E-state index is 0.795. The van der Waals surface area contributed by atoms with Crippen molar-refractivity contribution in [2.24, 2.45) is 5.92 Å². The number of para-hydroxylation sites is 1. The van der Waals surface area contributed by atoms with E-state index in [1.807, 2.05) is 12.3 Å². The SMILES string of the molecule is CN1CCC(CNc2ccnc3ccccc23)CC1. The number of anilines is 1. The third-order valence-corrected chi connectivity index (χ3v) is 4.07. The highest BCUT2D eigenvalue weighted by Crippen LogP contribution is 2.23. The van der Waals surface area contributed by atoms with Gasteiger partial charge >= 0.3 is 0 Å². The second kappa shape index (κ2) is 5.57. The number of benzene rings is 1. The molecule has 1 saturated heterocycles. The van der Waals surface area contributed by atoms with Gasteiger partial charge in [-0.05, 0) is 51.0 Å². The van der Waals surface area contributed by atoms with Gasteiger partial charge in [0.05, 0.1) is 5.52 Å². The maximum Gasteiger partial charge on any atom is 0.0722 e. The molecule has 0 atom stereocenters. The van der Waals surface area contributed by atoms with Crippen LogP contribution in [0.3, 0.4) is 0 Å². The second-order valence-corrected chi connectivity index (χ2v) is 5.50. The van der Waals surface area contributed by atoms with E-state index in [-0.39, 0.29) is 0 Å². The van der Waals surface area contributed by atoms with Crippen LogP contribution in [-0.4, -0.2) is 36.6 Å². The van der Waals surface area contributed by atoms with Crippen molar-refractivity contribution in [2.75, 3.05) is 32.0 Å². The summed E-state index contributed by atoms with van der Waals surface area (Å²) in [4.78, 5) is 6.81. The maximum absolute atomic E-state index is 4.40. The monoisotopic (exact) mass is 255 g/mol. The Morgan fingerprint density at radius 2 is 2.00 bits per heavy atom. The molecule has 1 aromatic heterocycles. The Balaban J connectivity index is 1.68. The smallest absolute Gasteiger partial charge is 0.0722 e. The lowest BCUT2D eigenvalue weighted by Crippen LogP contribution is -2.32. The van der Waals surface area contributed by atoms with Crippen LogP contribution in [0, 0.1) is 5.92 Å². The van der Waals surface area contributed by atoms with Gasteiger partial charge in [-0.2, -0.15) is 0 Å². The third-order valence-electron chi connectivity index (χ3n) is 4.07. The Morgan fingerprint density at radius 3 is 2.84 bits per heavy atom. The molecule has 0 radical (unpaired) electrons. The van der Waals surface area contributed by atoms with Crippen molar-refractivity contribution in [1.29, 1.82) is 0 Å². The summed E-state index contributed by atoms with van der Waals surface area (Å²) in [6.45, 7) is 3.52. The number of nitrogens with zero attached hydrogens (tertiary/aromatic N) is 2. The highest BCUT2D eigenvalue weighted by molar-refractivity contribution is 5.90. The van der Waals surface area contributed by atoms with Gasteiger partial charge in [0.15, 0.2) is 0 Å². The fourth-order valence-electron chi connectivity index (χ4n) is 2.77. The summed E-state index contributed by atoms with van der Waals surface area (Å²) >= 11 is 0. The Bertz CT molecular complexity index is 539. The quantitative estimate of drug-likeness (QED) is 0.914. The molecule has 3 nitrogen and oxygen atoms in total. The number of nitrogens with one attached hydrogen (secondary N) is 1. The molecule has 1 aromatic carbocycles. The maximum atomic E-state index is 4.40. The number of fused-ring (bicyclic) bond motifs is 1. The van der Waals surface area contributed by atoms with Crippen molar-refractivity contribution < 1.29 is 0 Å². The van der Waals surface area contributed by atoms with Crippen molar-refractivity contribution in [3.8, 4) is 0 Å². The average molecular weight is 255 g/mol. The first kappa shape index (κ1) is 12.4. The summed E-state index contributed by atoms with van der Waals surface area (Å²) in [5.41, 5.74) is 2.28. The van der Waals surface area contributed by atoms with E-state index < -0.39 is 0 Å². The Hall–Kier alpha value is -1.61. The fraction of sp³-hybridized carbons (Fsp3) is 0.438. The van der Waals surface area contributed by atoms with Crippen LogP contribution >= 0.6 is 0 Å². The topological polar surface area (TPSA) is 28.2 Å². The molecule has 0 bridgehead atoms. The highest BCUT2D eigenvalue weighted by Gasteiger charge is 2.16. The Morgan fingerprint density at radius 1 is 1.21 bits per heavy atom. The van der Waals surface area contributed by atoms with E-state index in [2.05, 4.69) is 46.5 Å². The van der Waals surface area contributed by atoms with Gasteiger partial charge < -0.3 is 10.2 Å². The molecular weight excluding hydrogens is 234 g/mol. The molecule has 0 amide bonds. The molecule has 0 unspecified atom stereocenters. The van der Waals surface area contributed by atoms with Crippen LogP contribution in [0.4, 0.5) is 5.69 Å². The van der Waals surface area contributed by atoms with Crippen LogP contribution in [-0.2, 0) is 0 Å². The lowest BCUT2D eigenvalue weighted by molar-refractivity contribution is 0.226. The standard InChI is InChI=1S/C16H21N3/c1-19-10-7-13(8-11-19)12-18-16-6-9-17-15-5-3-2-4-14(15)16/h2-6,9,13H,7-8,10-12H2,1H3,(H,17,18). The van der Waals surface area contributed by atoms with E-state index >= 15 is 0 Å². The molecule has 1 N–H and O–H groups in total. The Kier molecular flexibility index (Phi) is 3.65. The van der Waals surface area contributed by atoms with Crippen LogP contribution in [0.25, 0.3) is 10.9 Å². The number of likely N-dealkylation sites (tertiary alicyclic amines) is 1. The zero-order valence-electron chi connectivity index (χ0n) is 11.5. The number of rotatable bonds is 3.